The van der Waals surface area contributed by atoms with Crippen molar-refractivity contribution in [3.05, 3.63) is 29.6 Å². The lowest BCUT2D eigenvalue weighted by Crippen LogP contribution is -2.44. The molecule has 0 bridgehead atoms. The van der Waals surface area contributed by atoms with Crippen molar-refractivity contribution in [2.75, 3.05) is 38.1 Å². The third-order valence-corrected chi connectivity index (χ3v) is 5.10. The van der Waals surface area contributed by atoms with Crippen LogP contribution in [-0.4, -0.2) is 44.2 Å². The fraction of sp³-hybridized carbons (Fsp3) is 0.667. The van der Waals surface area contributed by atoms with E-state index >= 15 is 0 Å². The summed E-state index contributed by atoms with van der Waals surface area (Å²) in [5.41, 5.74) is 2.00. The van der Waals surface area contributed by atoms with Gasteiger partial charge in [-0.25, -0.2) is 4.39 Å². The molecule has 0 spiro atoms. The minimum absolute atomic E-state index is 0.0917. The normalized spacial score (nSPS) is 20.6. The summed E-state index contributed by atoms with van der Waals surface area (Å²) in [4.78, 5) is 4.61. The van der Waals surface area contributed by atoms with Gasteiger partial charge in [-0.05, 0) is 37.6 Å². The van der Waals surface area contributed by atoms with Crippen molar-refractivity contribution in [2.45, 2.75) is 44.7 Å². The zero-order chi connectivity index (χ0) is 15.4. The average molecular weight is 305 g/mol. The van der Waals surface area contributed by atoms with Crippen molar-refractivity contribution in [3.8, 4) is 0 Å². The fourth-order valence-corrected chi connectivity index (χ4v) is 3.74. The molecule has 1 N–H and O–H groups in total. The van der Waals surface area contributed by atoms with E-state index in [0.717, 1.165) is 38.4 Å². The number of hydrogen-bond donors (Lipinski definition) is 1. The van der Waals surface area contributed by atoms with Crippen molar-refractivity contribution in [1.82, 2.24) is 10.2 Å². The number of benzene rings is 1. The van der Waals surface area contributed by atoms with Crippen LogP contribution in [0.2, 0.25) is 0 Å². The number of hydrogen-bond acceptors (Lipinski definition) is 3. The zero-order valence-corrected chi connectivity index (χ0v) is 13.7. The van der Waals surface area contributed by atoms with E-state index in [9.17, 15) is 4.39 Å². The van der Waals surface area contributed by atoms with Gasteiger partial charge in [0.15, 0.2) is 0 Å². The van der Waals surface area contributed by atoms with Crippen LogP contribution in [0.1, 0.15) is 37.7 Å². The molecule has 1 aromatic carbocycles. The van der Waals surface area contributed by atoms with E-state index in [1.807, 2.05) is 6.07 Å². The van der Waals surface area contributed by atoms with Crippen LogP contribution in [0, 0.1) is 5.82 Å². The van der Waals surface area contributed by atoms with Gasteiger partial charge in [-0.15, -0.1) is 0 Å². The number of rotatable bonds is 4. The summed E-state index contributed by atoms with van der Waals surface area (Å²) in [6, 6.07) is 6.34. The Morgan fingerprint density at radius 2 is 1.91 bits per heavy atom. The summed E-state index contributed by atoms with van der Waals surface area (Å²) in [7, 11) is 2.21. The van der Waals surface area contributed by atoms with Gasteiger partial charge in [-0.3, -0.25) is 4.90 Å². The Labute approximate surface area is 133 Å². The van der Waals surface area contributed by atoms with Crippen molar-refractivity contribution >= 4 is 5.69 Å². The first-order valence-corrected chi connectivity index (χ1v) is 8.68. The van der Waals surface area contributed by atoms with Gasteiger partial charge in [0.2, 0.25) is 0 Å². The minimum atomic E-state index is -0.0917. The highest BCUT2D eigenvalue weighted by Crippen LogP contribution is 2.25. The SMILES string of the molecule is CN(Cc1ccc(F)c(N2CCNCC2)c1)C1CCCCC1. The van der Waals surface area contributed by atoms with Gasteiger partial charge >= 0.3 is 0 Å². The number of halogens is 1. The maximum absolute atomic E-state index is 14.2. The summed E-state index contributed by atoms with van der Waals surface area (Å²) in [6.45, 7) is 4.57. The van der Waals surface area contributed by atoms with Crippen molar-refractivity contribution < 1.29 is 4.39 Å². The number of anilines is 1. The standard InChI is InChI=1S/C18H28FN3/c1-21(16-5-3-2-4-6-16)14-15-7-8-17(19)18(13-15)22-11-9-20-10-12-22/h7-8,13,16,20H,2-6,9-12,14H2,1H3. The molecule has 122 valence electrons. The van der Waals surface area contributed by atoms with E-state index < -0.39 is 0 Å². The van der Waals surface area contributed by atoms with E-state index in [1.165, 1.54) is 37.7 Å². The molecule has 0 aromatic heterocycles. The molecule has 0 unspecified atom stereocenters. The smallest absolute Gasteiger partial charge is 0.146 e. The molecule has 0 amide bonds. The third kappa shape index (κ3) is 3.79. The van der Waals surface area contributed by atoms with Gasteiger partial charge < -0.3 is 10.2 Å². The molecule has 22 heavy (non-hydrogen) atoms. The van der Waals surface area contributed by atoms with Crippen LogP contribution in [-0.2, 0) is 6.54 Å². The molecule has 1 aliphatic carbocycles. The highest BCUT2D eigenvalue weighted by molar-refractivity contribution is 5.50. The van der Waals surface area contributed by atoms with Gasteiger partial charge in [0.1, 0.15) is 5.82 Å². The maximum Gasteiger partial charge on any atom is 0.146 e. The molecule has 1 saturated carbocycles. The predicted molar refractivity (Wildman–Crippen MR) is 89.8 cm³/mol. The Bertz CT molecular complexity index is 479. The van der Waals surface area contributed by atoms with Gasteiger partial charge in [0.05, 0.1) is 5.69 Å². The quantitative estimate of drug-likeness (QED) is 0.922. The molecule has 0 radical (unpaired) electrons. The lowest BCUT2D eigenvalue weighted by Gasteiger charge is -2.32. The molecule has 2 fully saturated rings. The van der Waals surface area contributed by atoms with Gasteiger partial charge in [-0.2, -0.15) is 0 Å². The van der Waals surface area contributed by atoms with Crippen LogP contribution in [0.25, 0.3) is 0 Å². The zero-order valence-electron chi connectivity index (χ0n) is 13.7. The molecular weight excluding hydrogens is 277 g/mol. The minimum Gasteiger partial charge on any atom is -0.367 e. The first kappa shape index (κ1) is 15.8. The fourth-order valence-electron chi connectivity index (χ4n) is 3.74. The second-order valence-electron chi connectivity index (χ2n) is 6.73. The molecule has 4 heteroatoms. The van der Waals surface area contributed by atoms with Crippen LogP contribution >= 0.6 is 0 Å². The van der Waals surface area contributed by atoms with Crippen LogP contribution in [0.4, 0.5) is 10.1 Å². The molecule has 1 heterocycles. The highest BCUT2D eigenvalue weighted by Gasteiger charge is 2.19. The molecule has 3 rings (SSSR count). The average Bonchev–Trinajstić information content (AvgIpc) is 2.58. The van der Waals surface area contributed by atoms with Crippen molar-refractivity contribution in [1.29, 1.82) is 0 Å². The Morgan fingerprint density at radius 1 is 1.18 bits per heavy atom. The van der Waals surface area contributed by atoms with Crippen LogP contribution in [0.5, 0.6) is 0 Å². The van der Waals surface area contributed by atoms with E-state index in [2.05, 4.69) is 28.2 Å². The Kier molecular flexibility index (Phi) is 5.32. The lowest BCUT2D eigenvalue weighted by molar-refractivity contribution is 0.184. The monoisotopic (exact) mass is 305 g/mol. The van der Waals surface area contributed by atoms with Crippen molar-refractivity contribution in [3.63, 3.8) is 0 Å². The first-order valence-electron chi connectivity index (χ1n) is 8.68. The summed E-state index contributed by atoms with van der Waals surface area (Å²) in [5.74, 6) is -0.0917. The second-order valence-corrected chi connectivity index (χ2v) is 6.73. The molecular formula is C18H28FN3. The molecule has 0 atom stereocenters. The summed E-state index contributed by atoms with van der Waals surface area (Å²) >= 11 is 0. The largest absolute Gasteiger partial charge is 0.367 e. The van der Waals surface area contributed by atoms with E-state index in [1.54, 1.807) is 6.07 Å². The Balaban J connectivity index is 1.68. The number of nitrogens with zero attached hydrogens (tertiary/aromatic N) is 2. The predicted octanol–water partition coefficient (Wildman–Crippen LogP) is 3.00. The van der Waals surface area contributed by atoms with E-state index in [0.29, 0.717) is 6.04 Å². The van der Waals surface area contributed by atoms with Gasteiger partial charge in [0, 0.05) is 38.8 Å². The molecule has 3 nitrogen and oxygen atoms in total. The van der Waals surface area contributed by atoms with Crippen LogP contribution in [0.3, 0.4) is 0 Å². The number of piperazine rings is 1. The highest BCUT2D eigenvalue weighted by atomic mass is 19.1. The van der Waals surface area contributed by atoms with Gasteiger partial charge in [-0.1, -0.05) is 25.3 Å². The third-order valence-electron chi connectivity index (χ3n) is 5.10. The Morgan fingerprint density at radius 3 is 2.64 bits per heavy atom. The summed E-state index contributed by atoms with van der Waals surface area (Å²) < 4.78 is 14.2. The topological polar surface area (TPSA) is 18.5 Å². The van der Waals surface area contributed by atoms with Crippen LogP contribution in [0.15, 0.2) is 18.2 Å². The van der Waals surface area contributed by atoms with Crippen molar-refractivity contribution in [2.24, 2.45) is 0 Å². The molecule has 1 aromatic rings. The molecule has 1 aliphatic heterocycles. The maximum atomic E-state index is 14.2. The summed E-state index contributed by atoms with van der Waals surface area (Å²) in [5, 5.41) is 3.32. The second kappa shape index (κ2) is 7.42. The Hall–Kier alpha value is -1.13. The lowest BCUT2D eigenvalue weighted by atomic mass is 9.94. The van der Waals surface area contributed by atoms with Gasteiger partial charge in [0.25, 0.3) is 0 Å². The van der Waals surface area contributed by atoms with E-state index in [-0.39, 0.29) is 5.82 Å². The molecule has 1 saturated heterocycles. The van der Waals surface area contributed by atoms with Crippen LogP contribution < -0.4 is 10.2 Å². The first-order chi connectivity index (χ1) is 10.7. The summed E-state index contributed by atoms with van der Waals surface area (Å²) in [6.07, 6.45) is 6.70. The number of nitrogens with one attached hydrogen (secondary N) is 1. The van der Waals surface area contributed by atoms with E-state index in [4.69, 9.17) is 0 Å². The molecule has 2 aliphatic rings.